The van der Waals surface area contributed by atoms with Gasteiger partial charge in [-0.15, -0.1) is 0 Å². The lowest BCUT2D eigenvalue weighted by atomic mass is 10.1. The molecule has 4 nitrogen and oxygen atoms in total. The summed E-state index contributed by atoms with van der Waals surface area (Å²) in [5, 5.41) is 3.36. The third kappa shape index (κ3) is 4.69. The van der Waals surface area contributed by atoms with Gasteiger partial charge in [-0.25, -0.2) is 9.18 Å². The monoisotopic (exact) mass is 369 g/mol. The molecule has 0 aliphatic carbocycles. The first-order chi connectivity index (χ1) is 11.4. The second-order valence-electron chi connectivity index (χ2n) is 5.01. The molecule has 7 heteroatoms. The highest BCUT2D eigenvalue weighted by atomic mass is 35.5. The molecule has 0 unspecified atom stereocenters. The molecule has 126 valence electrons. The fourth-order valence-corrected chi connectivity index (χ4v) is 2.52. The van der Waals surface area contributed by atoms with Gasteiger partial charge in [-0.2, -0.15) is 0 Å². The van der Waals surface area contributed by atoms with Crippen LogP contribution in [0.4, 0.5) is 4.39 Å². The topological polar surface area (TPSA) is 55.4 Å². The molecule has 0 radical (unpaired) electrons. The van der Waals surface area contributed by atoms with Crippen LogP contribution in [0.5, 0.6) is 0 Å². The van der Waals surface area contributed by atoms with E-state index in [4.69, 9.17) is 27.9 Å². The zero-order chi connectivity index (χ0) is 17.7. The standard InChI is InChI=1S/C17H14Cl2FNO3/c1-10(12-4-2-3-5-14(12)19)21-16(22)9-24-17(23)13-8-11(18)6-7-15(13)20/h2-8,10H,9H2,1H3,(H,21,22)/t10-/m0/s1. The molecule has 0 spiro atoms. The van der Waals surface area contributed by atoms with Gasteiger partial charge in [0.15, 0.2) is 6.61 Å². The maximum absolute atomic E-state index is 13.5. The highest BCUT2D eigenvalue weighted by Gasteiger charge is 2.17. The van der Waals surface area contributed by atoms with Crippen molar-refractivity contribution in [3.8, 4) is 0 Å². The van der Waals surface area contributed by atoms with E-state index < -0.39 is 24.3 Å². The number of amides is 1. The van der Waals surface area contributed by atoms with Crippen LogP contribution >= 0.6 is 23.2 Å². The number of hydrogen-bond donors (Lipinski definition) is 1. The van der Waals surface area contributed by atoms with Crippen molar-refractivity contribution in [1.29, 1.82) is 0 Å². The number of hydrogen-bond acceptors (Lipinski definition) is 3. The Morgan fingerprint density at radius 2 is 1.92 bits per heavy atom. The Balaban J connectivity index is 1.92. The molecule has 0 saturated carbocycles. The second kappa shape index (κ2) is 8.13. The molecule has 0 heterocycles. The van der Waals surface area contributed by atoms with Gasteiger partial charge in [0.25, 0.3) is 5.91 Å². The van der Waals surface area contributed by atoms with Gasteiger partial charge in [0, 0.05) is 10.0 Å². The number of carbonyl (C=O) groups is 2. The Morgan fingerprint density at radius 1 is 1.21 bits per heavy atom. The van der Waals surface area contributed by atoms with Crippen LogP contribution in [-0.4, -0.2) is 18.5 Å². The Bertz CT molecular complexity index is 767. The summed E-state index contributed by atoms with van der Waals surface area (Å²) in [4.78, 5) is 23.7. The van der Waals surface area contributed by atoms with E-state index in [1.807, 2.05) is 0 Å². The number of nitrogens with one attached hydrogen (secondary N) is 1. The first-order valence-electron chi connectivity index (χ1n) is 7.04. The largest absolute Gasteiger partial charge is 0.452 e. The third-order valence-electron chi connectivity index (χ3n) is 3.23. The van der Waals surface area contributed by atoms with Crippen molar-refractivity contribution in [3.63, 3.8) is 0 Å². The first-order valence-corrected chi connectivity index (χ1v) is 7.80. The summed E-state index contributed by atoms with van der Waals surface area (Å²) in [6.07, 6.45) is 0. The molecular formula is C17H14Cl2FNO3. The van der Waals surface area contributed by atoms with E-state index in [-0.39, 0.29) is 16.6 Å². The van der Waals surface area contributed by atoms with E-state index >= 15 is 0 Å². The Kier molecular flexibility index (Phi) is 6.17. The van der Waals surface area contributed by atoms with E-state index in [1.54, 1.807) is 31.2 Å². The molecule has 1 amide bonds. The van der Waals surface area contributed by atoms with Crippen LogP contribution in [0.1, 0.15) is 28.9 Å². The van der Waals surface area contributed by atoms with E-state index in [2.05, 4.69) is 5.32 Å². The summed E-state index contributed by atoms with van der Waals surface area (Å²) < 4.78 is 18.4. The summed E-state index contributed by atoms with van der Waals surface area (Å²) >= 11 is 11.8. The molecule has 24 heavy (non-hydrogen) atoms. The van der Waals surface area contributed by atoms with Gasteiger partial charge in [-0.05, 0) is 36.8 Å². The van der Waals surface area contributed by atoms with E-state index in [0.717, 1.165) is 17.7 Å². The van der Waals surface area contributed by atoms with Crippen molar-refractivity contribution < 1.29 is 18.7 Å². The van der Waals surface area contributed by atoms with Gasteiger partial charge >= 0.3 is 5.97 Å². The molecule has 1 atom stereocenters. The minimum absolute atomic E-state index is 0.195. The average Bonchev–Trinajstić information content (AvgIpc) is 2.55. The molecule has 0 aromatic heterocycles. The maximum Gasteiger partial charge on any atom is 0.341 e. The summed E-state index contributed by atoms with van der Waals surface area (Å²) in [6, 6.07) is 10.2. The second-order valence-corrected chi connectivity index (χ2v) is 5.85. The molecule has 0 saturated heterocycles. The fraction of sp³-hybridized carbons (Fsp3) is 0.176. The molecule has 0 aliphatic rings. The van der Waals surface area contributed by atoms with Crippen molar-refractivity contribution in [2.24, 2.45) is 0 Å². The zero-order valence-corrected chi connectivity index (χ0v) is 14.2. The SMILES string of the molecule is C[C@H](NC(=O)COC(=O)c1cc(Cl)ccc1F)c1ccccc1Cl. The predicted octanol–water partition coefficient (Wildman–Crippen LogP) is 4.17. The quantitative estimate of drug-likeness (QED) is 0.804. The number of ether oxygens (including phenoxy) is 1. The van der Waals surface area contributed by atoms with Crippen LogP contribution < -0.4 is 5.32 Å². The Morgan fingerprint density at radius 3 is 2.62 bits per heavy atom. The smallest absolute Gasteiger partial charge is 0.341 e. The van der Waals surface area contributed by atoms with Crippen LogP contribution in [0.15, 0.2) is 42.5 Å². The number of esters is 1. The van der Waals surface area contributed by atoms with Crippen LogP contribution in [0, 0.1) is 5.82 Å². The minimum atomic E-state index is -0.962. The molecule has 1 N–H and O–H groups in total. The van der Waals surface area contributed by atoms with Crippen molar-refractivity contribution in [1.82, 2.24) is 5.32 Å². The summed E-state index contributed by atoms with van der Waals surface area (Å²) in [5.41, 5.74) is 0.411. The Hall–Kier alpha value is -2.11. The lowest BCUT2D eigenvalue weighted by Crippen LogP contribution is -2.31. The molecule has 0 aliphatic heterocycles. The van der Waals surface area contributed by atoms with Crippen LogP contribution in [-0.2, 0) is 9.53 Å². The molecule has 2 rings (SSSR count). The van der Waals surface area contributed by atoms with Crippen molar-refractivity contribution in [2.75, 3.05) is 6.61 Å². The predicted molar refractivity (Wildman–Crippen MR) is 89.7 cm³/mol. The molecule has 0 fully saturated rings. The van der Waals surface area contributed by atoms with Crippen molar-refractivity contribution in [3.05, 3.63) is 69.5 Å². The van der Waals surface area contributed by atoms with Gasteiger partial charge < -0.3 is 10.1 Å². The van der Waals surface area contributed by atoms with Gasteiger partial charge in [0.05, 0.1) is 11.6 Å². The highest BCUT2D eigenvalue weighted by molar-refractivity contribution is 6.31. The number of carbonyl (C=O) groups excluding carboxylic acids is 2. The van der Waals surface area contributed by atoms with Crippen LogP contribution in [0.2, 0.25) is 10.0 Å². The normalized spacial score (nSPS) is 11.7. The van der Waals surface area contributed by atoms with Crippen molar-refractivity contribution in [2.45, 2.75) is 13.0 Å². The van der Waals surface area contributed by atoms with Crippen LogP contribution in [0.25, 0.3) is 0 Å². The van der Waals surface area contributed by atoms with Gasteiger partial charge in [0.2, 0.25) is 0 Å². The average molecular weight is 370 g/mol. The van der Waals surface area contributed by atoms with Gasteiger partial charge in [0.1, 0.15) is 5.82 Å². The minimum Gasteiger partial charge on any atom is -0.452 e. The van der Waals surface area contributed by atoms with E-state index in [0.29, 0.717) is 5.02 Å². The maximum atomic E-state index is 13.5. The van der Waals surface area contributed by atoms with E-state index in [1.165, 1.54) is 6.07 Å². The fourth-order valence-electron chi connectivity index (χ4n) is 2.05. The third-order valence-corrected chi connectivity index (χ3v) is 3.81. The summed E-state index contributed by atoms with van der Waals surface area (Å²) in [5.74, 6) is -2.26. The summed E-state index contributed by atoms with van der Waals surface area (Å²) in [6.45, 7) is 1.21. The lowest BCUT2D eigenvalue weighted by Gasteiger charge is -2.15. The molecular weight excluding hydrogens is 356 g/mol. The van der Waals surface area contributed by atoms with E-state index in [9.17, 15) is 14.0 Å². The zero-order valence-electron chi connectivity index (χ0n) is 12.7. The van der Waals surface area contributed by atoms with Crippen LogP contribution in [0.3, 0.4) is 0 Å². The lowest BCUT2D eigenvalue weighted by molar-refractivity contribution is -0.124. The van der Waals surface area contributed by atoms with Gasteiger partial charge in [-0.3, -0.25) is 4.79 Å². The summed E-state index contributed by atoms with van der Waals surface area (Å²) in [7, 11) is 0. The molecule has 2 aromatic rings. The highest BCUT2D eigenvalue weighted by Crippen LogP contribution is 2.22. The Labute approximate surface area is 148 Å². The molecule has 0 bridgehead atoms. The van der Waals surface area contributed by atoms with Gasteiger partial charge in [-0.1, -0.05) is 41.4 Å². The first kappa shape index (κ1) is 18.2. The number of halogens is 3. The number of benzene rings is 2. The van der Waals surface area contributed by atoms with Crippen molar-refractivity contribution >= 4 is 35.1 Å². The molecule has 2 aromatic carbocycles. The number of rotatable bonds is 5.